The van der Waals surface area contributed by atoms with E-state index in [-0.39, 0.29) is 61.7 Å². The fraction of sp³-hybridized carbons (Fsp3) is 0.294. The van der Waals surface area contributed by atoms with Gasteiger partial charge in [0.05, 0.1) is 31.7 Å². The molecule has 3 unspecified atom stereocenters. The smallest absolute Gasteiger partial charge is 0.174 e. The van der Waals surface area contributed by atoms with Crippen LogP contribution in [0.3, 0.4) is 0 Å². The molecule has 330 valence electrons. The molecule has 1 N–H and O–H groups in total. The number of epoxide rings is 2. The van der Waals surface area contributed by atoms with E-state index in [2.05, 4.69) is 0 Å². The number of aliphatic hydroxyl groups is 1. The molecule has 62 heavy (non-hydrogen) atoms. The Morgan fingerprint density at radius 2 is 0.952 bits per heavy atom. The van der Waals surface area contributed by atoms with Crippen molar-refractivity contribution in [3.8, 4) is 17.2 Å². The summed E-state index contributed by atoms with van der Waals surface area (Å²) in [7, 11) is -6.73. The SMILES string of the molecule is C.C.C.C.O=P(c1ccccc1)(c1ccccc1)c1cc(OCC2CO2)ccc1CCOCC(O)COc1ccc(OCC2CO2)c(P(=O)(c2ccccc2)c2ccccc2)c1. The van der Waals surface area contributed by atoms with Gasteiger partial charge in [-0.2, -0.15) is 0 Å². The summed E-state index contributed by atoms with van der Waals surface area (Å²) in [5, 5.41) is 15.0. The van der Waals surface area contributed by atoms with Gasteiger partial charge < -0.3 is 42.7 Å². The average molecular weight is 881 g/mol. The lowest BCUT2D eigenvalue weighted by molar-refractivity contribution is 0.0131. The van der Waals surface area contributed by atoms with Crippen LogP contribution in [-0.2, 0) is 29.8 Å². The summed E-state index contributed by atoms with van der Waals surface area (Å²) < 4.78 is 65.9. The predicted molar refractivity (Wildman–Crippen MR) is 255 cm³/mol. The van der Waals surface area contributed by atoms with Crippen LogP contribution in [0.25, 0.3) is 0 Å². The van der Waals surface area contributed by atoms with Gasteiger partial charge in [-0.1, -0.05) is 157 Å². The first-order valence-electron chi connectivity index (χ1n) is 19.5. The van der Waals surface area contributed by atoms with E-state index in [1.165, 1.54) is 0 Å². The molecule has 2 aliphatic rings. The van der Waals surface area contributed by atoms with E-state index < -0.39 is 20.4 Å². The molecule has 6 aromatic carbocycles. The van der Waals surface area contributed by atoms with Crippen LogP contribution in [0.1, 0.15) is 35.3 Å². The van der Waals surface area contributed by atoms with Gasteiger partial charge in [0.1, 0.15) is 55.4 Å². The highest BCUT2D eigenvalue weighted by Crippen LogP contribution is 2.47. The van der Waals surface area contributed by atoms with Gasteiger partial charge in [0, 0.05) is 26.5 Å². The molecular weight excluding hydrogens is 818 g/mol. The fourth-order valence-electron chi connectivity index (χ4n) is 6.84. The van der Waals surface area contributed by atoms with Crippen molar-refractivity contribution < 1.29 is 42.7 Å². The van der Waals surface area contributed by atoms with Gasteiger partial charge in [0.25, 0.3) is 0 Å². The van der Waals surface area contributed by atoms with Gasteiger partial charge in [-0.05, 0) is 42.3 Å². The largest absolute Gasteiger partial charge is 0.491 e. The molecule has 2 heterocycles. The minimum absolute atomic E-state index is 0. The van der Waals surface area contributed by atoms with E-state index in [0.717, 1.165) is 16.2 Å². The van der Waals surface area contributed by atoms with Crippen LogP contribution >= 0.6 is 14.3 Å². The zero-order chi connectivity index (χ0) is 39.8. The molecule has 0 amide bonds. The summed E-state index contributed by atoms with van der Waals surface area (Å²) in [5.74, 6) is 1.55. The van der Waals surface area contributed by atoms with Crippen molar-refractivity contribution in [1.29, 1.82) is 0 Å². The maximum atomic E-state index is 15.4. The maximum absolute atomic E-state index is 15.4. The zero-order valence-electron chi connectivity index (χ0n) is 32.0. The van der Waals surface area contributed by atoms with Crippen LogP contribution in [0.4, 0.5) is 0 Å². The third kappa shape index (κ3) is 11.7. The van der Waals surface area contributed by atoms with E-state index in [1.807, 2.05) is 140 Å². The standard InChI is InChI=1S/C47H46O9P2.4CH4/c48-36(30-52-38-23-24-45(56-34-40-33-55-40)47(28-38)58(50,43-17-9-3-10-18-43)44-19-11-4-12-20-44)29-51-26-25-35-21-22-37(53-31-39-32-54-39)27-46(35)57(49,41-13-5-1-6-14-41)42-15-7-2-8-16-42;;;;/h1-24,27-28,36,39-40,48H,25-26,29-34H2;4*1H4. The summed E-state index contributed by atoms with van der Waals surface area (Å²) in [6, 6.07) is 48.9. The van der Waals surface area contributed by atoms with Gasteiger partial charge in [0.15, 0.2) is 14.3 Å². The molecule has 0 radical (unpaired) electrons. The second-order valence-corrected chi connectivity index (χ2v) is 19.8. The lowest BCUT2D eigenvalue weighted by Crippen LogP contribution is -2.29. The Morgan fingerprint density at radius 3 is 1.44 bits per heavy atom. The van der Waals surface area contributed by atoms with Crippen molar-refractivity contribution in [3.63, 3.8) is 0 Å². The van der Waals surface area contributed by atoms with Gasteiger partial charge in [0.2, 0.25) is 0 Å². The van der Waals surface area contributed by atoms with Crippen molar-refractivity contribution in [1.82, 2.24) is 0 Å². The molecule has 0 spiro atoms. The van der Waals surface area contributed by atoms with Gasteiger partial charge in [-0.25, -0.2) is 0 Å². The van der Waals surface area contributed by atoms with E-state index in [1.54, 1.807) is 18.2 Å². The Kier molecular flexibility index (Phi) is 18.4. The van der Waals surface area contributed by atoms with E-state index >= 15 is 9.13 Å². The quantitative estimate of drug-likeness (QED) is 0.0462. The molecule has 8 rings (SSSR count). The van der Waals surface area contributed by atoms with Gasteiger partial charge in [-0.3, -0.25) is 0 Å². The van der Waals surface area contributed by atoms with Crippen LogP contribution in [0.15, 0.2) is 158 Å². The summed E-state index contributed by atoms with van der Waals surface area (Å²) in [6.07, 6.45) is -0.420. The van der Waals surface area contributed by atoms with Gasteiger partial charge in [-0.15, -0.1) is 0 Å². The second kappa shape index (κ2) is 22.9. The summed E-state index contributed by atoms with van der Waals surface area (Å²) in [6.45, 7) is 2.30. The predicted octanol–water partition coefficient (Wildman–Crippen LogP) is 8.06. The molecule has 0 aromatic heterocycles. The van der Waals surface area contributed by atoms with Crippen LogP contribution in [0, 0.1) is 0 Å². The summed E-state index contributed by atoms with van der Waals surface area (Å²) >= 11 is 0. The van der Waals surface area contributed by atoms with Crippen molar-refractivity contribution in [3.05, 3.63) is 163 Å². The number of hydrogen-bond acceptors (Lipinski definition) is 9. The van der Waals surface area contributed by atoms with Crippen molar-refractivity contribution in [2.45, 2.75) is 54.4 Å². The molecule has 2 aliphatic heterocycles. The molecular formula is C51H62O9P2. The molecule has 0 saturated carbocycles. The molecule has 2 fully saturated rings. The van der Waals surface area contributed by atoms with Crippen molar-refractivity contribution >= 4 is 46.1 Å². The van der Waals surface area contributed by atoms with Crippen molar-refractivity contribution in [2.24, 2.45) is 0 Å². The zero-order valence-corrected chi connectivity index (χ0v) is 33.8. The first-order chi connectivity index (χ1) is 28.4. The lowest BCUT2D eigenvalue weighted by atomic mass is 10.1. The average Bonchev–Trinajstić information content (AvgIpc) is 4.24. The fourth-order valence-corrected chi connectivity index (χ4v) is 12.6. The molecule has 6 aromatic rings. The van der Waals surface area contributed by atoms with Gasteiger partial charge >= 0.3 is 0 Å². The summed E-state index contributed by atoms with van der Waals surface area (Å²) in [4.78, 5) is 0. The van der Waals surface area contributed by atoms with E-state index in [4.69, 9.17) is 28.4 Å². The van der Waals surface area contributed by atoms with E-state index in [9.17, 15) is 5.11 Å². The Labute approximate surface area is 368 Å². The monoisotopic (exact) mass is 880 g/mol. The van der Waals surface area contributed by atoms with Crippen molar-refractivity contribution in [2.75, 3.05) is 46.2 Å². The molecule has 11 heteroatoms. The minimum Gasteiger partial charge on any atom is -0.491 e. The molecule has 2 saturated heterocycles. The first kappa shape index (κ1) is 49.7. The Hall–Kier alpha value is -4.98. The number of benzene rings is 6. The summed E-state index contributed by atoms with van der Waals surface area (Å²) in [5.41, 5.74) is 0.862. The highest BCUT2D eigenvalue weighted by atomic mass is 31.2. The Morgan fingerprint density at radius 1 is 0.532 bits per heavy atom. The third-order valence-corrected chi connectivity index (χ3v) is 16.3. The molecule has 0 aliphatic carbocycles. The van der Waals surface area contributed by atoms with Crippen LogP contribution in [0.5, 0.6) is 17.2 Å². The second-order valence-electron chi connectivity index (χ2n) is 14.3. The minimum atomic E-state index is -3.41. The normalized spacial score (nSPS) is 15.6. The number of aliphatic hydroxyl groups excluding tert-OH is 1. The van der Waals surface area contributed by atoms with Crippen LogP contribution in [0.2, 0.25) is 0 Å². The Balaban J connectivity index is 0.00000211. The number of rotatable bonds is 20. The third-order valence-electron chi connectivity index (χ3n) is 10.1. The molecule has 9 nitrogen and oxygen atoms in total. The van der Waals surface area contributed by atoms with Crippen LogP contribution in [-0.4, -0.2) is 69.7 Å². The first-order valence-corrected chi connectivity index (χ1v) is 22.9. The molecule has 0 bridgehead atoms. The topological polar surface area (TPSA) is 116 Å². The van der Waals surface area contributed by atoms with Crippen LogP contribution < -0.4 is 46.0 Å². The number of hydrogen-bond donors (Lipinski definition) is 1. The highest BCUT2D eigenvalue weighted by Gasteiger charge is 2.35. The Bertz CT molecular complexity index is 2270. The number of ether oxygens (including phenoxy) is 6. The highest BCUT2D eigenvalue weighted by molar-refractivity contribution is 7.86. The lowest BCUT2D eigenvalue weighted by Gasteiger charge is -2.24. The maximum Gasteiger partial charge on any atom is 0.174 e. The molecule has 3 atom stereocenters. The van der Waals surface area contributed by atoms with E-state index in [0.29, 0.717) is 71.3 Å².